The molecule has 2 aromatic heterocycles. The summed E-state index contributed by atoms with van der Waals surface area (Å²) in [6.07, 6.45) is 2.93. The number of rotatable bonds is 2. The van der Waals surface area contributed by atoms with Gasteiger partial charge in [-0.25, -0.2) is 0 Å². The highest BCUT2D eigenvalue weighted by molar-refractivity contribution is 6.05. The monoisotopic (exact) mass is 174 g/mol. The fourth-order valence-corrected chi connectivity index (χ4v) is 0.939. The highest BCUT2D eigenvalue weighted by atomic mass is 16.1. The van der Waals surface area contributed by atoms with E-state index < -0.39 is 0 Å². The second-order valence-electron chi connectivity index (χ2n) is 2.40. The van der Waals surface area contributed by atoms with E-state index in [2.05, 4.69) is 20.4 Å². The number of pyridine rings is 1. The molecule has 0 unspecified atom stereocenters. The average molecular weight is 174 g/mol. The summed E-state index contributed by atoms with van der Waals surface area (Å²) in [5.74, 6) is -0.227. The molecule has 0 fully saturated rings. The van der Waals surface area contributed by atoms with Gasteiger partial charge in [-0.05, 0) is 12.1 Å². The number of ketones is 1. The zero-order chi connectivity index (χ0) is 9.10. The lowest BCUT2D eigenvalue weighted by atomic mass is 10.2. The molecule has 0 amide bonds. The van der Waals surface area contributed by atoms with E-state index in [0.29, 0.717) is 5.69 Å². The largest absolute Gasteiger partial charge is 0.285 e. The van der Waals surface area contributed by atoms with E-state index in [1.165, 1.54) is 6.20 Å². The molecule has 0 radical (unpaired) electrons. The predicted molar refractivity (Wildman–Crippen MR) is 44.1 cm³/mol. The van der Waals surface area contributed by atoms with Crippen LogP contribution in [0.15, 0.2) is 30.6 Å². The van der Waals surface area contributed by atoms with E-state index in [0.717, 1.165) is 0 Å². The molecular formula is C8H6N4O. The molecule has 2 rings (SSSR count). The lowest BCUT2D eigenvalue weighted by Gasteiger charge is -1.92. The molecule has 5 heteroatoms. The summed E-state index contributed by atoms with van der Waals surface area (Å²) < 4.78 is 0. The van der Waals surface area contributed by atoms with Gasteiger partial charge in [0, 0.05) is 6.20 Å². The van der Waals surface area contributed by atoms with Gasteiger partial charge in [-0.15, -0.1) is 0 Å². The van der Waals surface area contributed by atoms with Gasteiger partial charge in [-0.1, -0.05) is 6.07 Å². The summed E-state index contributed by atoms with van der Waals surface area (Å²) >= 11 is 0. The van der Waals surface area contributed by atoms with Crippen LogP contribution in [0, 0.1) is 0 Å². The number of nitrogens with zero attached hydrogens (tertiary/aromatic N) is 3. The lowest BCUT2D eigenvalue weighted by Crippen LogP contribution is -2.03. The van der Waals surface area contributed by atoms with Gasteiger partial charge >= 0.3 is 0 Å². The zero-order valence-corrected chi connectivity index (χ0v) is 6.64. The summed E-state index contributed by atoms with van der Waals surface area (Å²) in [7, 11) is 0. The second kappa shape index (κ2) is 3.14. The van der Waals surface area contributed by atoms with Crippen molar-refractivity contribution in [1.29, 1.82) is 0 Å². The van der Waals surface area contributed by atoms with Crippen LogP contribution in [0.4, 0.5) is 0 Å². The van der Waals surface area contributed by atoms with Crippen molar-refractivity contribution >= 4 is 5.78 Å². The van der Waals surface area contributed by atoms with Crippen molar-refractivity contribution in [1.82, 2.24) is 20.4 Å². The third-order valence-corrected chi connectivity index (χ3v) is 1.55. The molecule has 0 saturated carbocycles. The van der Waals surface area contributed by atoms with Crippen molar-refractivity contribution in [2.75, 3.05) is 0 Å². The maximum atomic E-state index is 11.5. The molecule has 0 aromatic carbocycles. The molecule has 64 valence electrons. The number of aromatic amines is 1. The van der Waals surface area contributed by atoms with Crippen molar-refractivity contribution in [3.63, 3.8) is 0 Å². The van der Waals surface area contributed by atoms with Crippen LogP contribution >= 0.6 is 0 Å². The molecule has 0 aliphatic heterocycles. The number of nitrogens with one attached hydrogen (secondary N) is 1. The minimum Gasteiger partial charge on any atom is -0.285 e. The Hall–Kier alpha value is -2.04. The molecule has 0 spiro atoms. The molecule has 5 nitrogen and oxygen atoms in total. The van der Waals surface area contributed by atoms with Gasteiger partial charge in [0.05, 0.1) is 6.20 Å². The van der Waals surface area contributed by atoms with E-state index in [1.807, 2.05) is 0 Å². The van der Waals surface area contributed by atoms with E-state index >= 15 is 0 Å². The van der Waals surface area contributed by atoms with E-state index in [-0.39, 0.29) is 11.5 Å². The third-order valence-electron chi connectivity index (χ3n) is 1.55. The first-order valence-electron chi connectivity index (χ1n) is 3.69. The Morgan fingerprint density at radius 1 is 1.31 bits per heavy atom. The SMILES string of the molecule is O=C(c1ccccn1)c1cn[nH]n1. The predicted octanol–water partition coefficient (Wildman–Crippen LogP) is 0.431. The van der Waals surface area contributed by atoms with Crippen LogP contribution < -0.4 is 0 Å². The molecule has 0 saturated heterocycles. The van der Waals surface area contributed by atoms with E-state index in [9.17, 15) is 4.79 Å². The number of hydrogen-bond donors (Lipinski definition) is 1. The maximum absolute atomic E-state index is 11.5. The van der Waals surface area contributed by atoms with E-state index in [4.69, 9.17) is 0 Å². The molecule has 2 heterocycles. The van der Waals surface area contributed by atoms with Gasteiger partial charge in [0.1, 0.15) is 5.69 Å². The Morgan fingerprint density at radius 3 is 2.85 bits per heavy atom. The van der Waals surface area contributed by atoms with Crippen LogP contribution in [0.3, 0.4) is 0 Å². The Morgan fingerprint density at radius 2 is 2.23 bits per heavy atom. The van der Waals surface area contributed by atoms with Crippen LogP contribution in [0.1, 0.15) is 16.2 Å². The maximum Gasteiger partial charge on any atom is 0.233 e. The van der Waals surface area contributed by atoms with Gasteiger partial charge in [-0.3, -0.25) is 9.78 Å². The minimum absolute atomic E-state index is 0.227. The molecule has 13 heavy (non-hydrogen) atoms. The first-order valence-corrected chi connectivity index (χ1v) is 3.69. The Bertz CT molecular complexity index is 395. The topological polar surface area (TPSA) is 71.5 Å². The van der Waals surface area contributed by atoms with Crippen molar-refractivity contribution in [3.8, 4) is 0 Å². The van der Waals surface area contributed by atoms with Crippen molar-refractivity contribution in [2.24, 2.45) is 0 Å². The average Bonchev–Trinajstić information content (AvgIpc) is 2.71. The first-order chi connectivity index (χ1) is 6.38. The number of hydrogen-bond acceptors (Lipinski definition) is 4. The van der Waals surface area contributed by atoms with E-state index in [1.54, 1.807) is 24.4 Å². The fourth-order valence-electron chi connectivity index (χ4n) is 0.939. The summed E-state index contributed by atoms with van der Waals surface area (Å²) in [6.45, 7) is 0. The molecular weight excluding hydrogens is 168 g/mol. The quantitative estimate of drug-likeness (QED) is 0.670. The first kappa shape index (κ1) is 7.60. The third kappa shape index (κ3) is 1.44. The standard InChI is InChI=1S/C8H6N4O/c13-8(7-5-10-12-11-7)6-3-1-2-4-9-6/h1-5H,(H,10,11,12). The number of aromatic nitrogens is 4. The minimum atomic E-state index is -0.227. The Labute approximate surface area is 73.8 Å². The zero-order valence-electron chi connectivity index (χ0n) is 6.64. The fraction of sp³-hybridized carbons (Fsp3) is 0. The van der Waals surface area contributed by atoms with Crippen LogP contribution in [0.25, 0.3) is 0 Å². The number of carbonyl (C=O) groups excluding carboxylic acids is 1. The molecule has 1 N–H and O–H groups in total. The summed E-state index contributed by atoms with van der Waals surface area (Å²) in [5.41, 5.74) is 0.648. The molecule has 0 bridgehead atoms. The van der Waals surface area contributed by atoms with Crippen molar-refractivity contribution < 1.29 is 4.79 Å². The highest BCUT2D eigenvalue weighted by Gasteiger charge is 2.11. The van der Waals surface area contributed by atoms with Gasteiger partial charge in [0.25, 0.3) is 0 Å². The summed E-state index contributed by atoms with van der Waals surface area (Å²) in [5, 5.41) is 9.58. The Balaban J connectivity index is 2.34. The van der Waals surface area contributed by atoms with Gasteiger partial charge in [-0.2, -0.15) is 15.4 Å². The van der Waals surface area contributed by atoms with Gasteiger partial charge in [0.2, 0.25) is 5.78 Å². The molecule has 0 atom stereocenters. The smallest absolute Gasteiger partial charge is 0.233 e. The summed E-state index contributed by atoms with van der Waals surface area (Å²) in [4.78, 5) is 15.4. The van der Waals surface area contributed by atoms with Crippen LogP contribution in [0.2, 0.25) is 0 Å². The normalized spacial score (nSPS) is 9.85. The molecule has 0 aliphatic rings. The molecule has 0 aliphatic carbocycles. The van der Waals surface area contributed by atoms with Crippen LogP contribution in [0.5, 0.6) is 0 Å². The number of H-pyrrole nitrogens is 1. The van der Waals surface area contributed by atoms with Crippen molar-refractivity contribution in [3.05, 3.63) is 42.0 Å². The highest BCUT2D eigenvalue weighted by Crippen LogP contribution is 2.01. The van der Waals surface area contributed by atoms with Crippen LogP contribution in [-0.2, 0) is 0 Å². The lowest BCUT2D eigenvalue weighted by molar-refractivity contribution is 0.102. The number of carbonyl (C=O) groups is 1. The van der Waals surface area contributed by atoms with Crippen LogP contribution in [-0.4, -0.2) is 26.2 Å². The van der Waals surface area contributed by atoms with Gasteiger partial charge in [0.15, 0.2) is 5.69 Å². The van der Waals surface area contributed by atoms with Crippen molar-refractivity contribution in [2.45, 2.75) is 0 Å². The summed E-state index contributed by atoms with van der Waals surface area (Å²) in [6, 6.07) is 5.14. The second-order valence-corrected chi connectivity index (χ2v) is 2.40. The van der Waals surface area contributed by atoms with Gasteiger partial charge < -0.3 is 0 Å². The Kier molecular flexibility index (Phi) is 1.84. The molecule has 2 aromatic rings.